The maximum atomic E-state index is 2.59. The fraction of sp³-hybridized carbons (Fsp3) is 1.00. The maximum absolute atomic E-state index is 2.59. The number of nitrogens with zero attached hydrogens (tertiary/aromatic N) is 2. The fourth-order valence-electron chi connectivity index (χ4n) is 2.38. The van der Waals surface area contributed by atoms with E-state index in [0.717, 1.165) is 12.1 Å². The Balaban J connectivity index is 2.33. The van der Waals surface area contributed by atoms with Gasteiger partial charge in [-0.3, -0.25) is 0 Å². The Bertz CT molecular complexity index is 150. The molecule has 1 heterocycles. The summed E-state index contributed by atoms with van der Waals surface area (Å²) in [5, 5.41) is 0. The number of rotatable bonds is 4. The van der Waals surface area contributed by atoms with Gasteiger partial charge in [0.15, 0.2) is 0 Å². The van der Waals surface area contributed by atoms with E-state index in [4.69, 9.17) is 0 Å². The summed E-state index contributed by atoms with van der Waals surface area (Å²) < 4.78 is 0. The van der Waals surface area contributed by atoms with E-state index in [-0.39, 0.29) is 0 Å². The van der Waals surface area contributed by atoms with Gasteiger partial charge in [0.1, 0.15) is 0 Å². The molecular weight excluding hydrogens is 172 g/mol. The second kappa shape index (κ2) is 5.72. The minimum atomic E-state index is 0.758. The molecule has 0 aliphatic carbocycles. The van der Waals surface area contributed by atoms with Gasteiger partial charge in [-0.25, -0.2) is 0 Å². The molecule has 0 saturated carbocycles. The first-order chi connectivity index (χ1) is 6.65. The molecule has 0 amide bonds. The molecule has 1 rings (SSSR count). The van der Waals surface area contributed by atoms with E-state index >= 15 is 0 Å². The predicted octanol–water partition coefficient (Wildman–Crippen LogP) is 2.20. The molecule has 14 heavy (non-hydrogen) atoms. The standard InChI is InChI=1S/C12H26N2/c1-5-6-11(2)14(4)12-7-9-13(3)10-8-12/h11-12H,5-10H2,1-4H3. The highest BCUT2D eigenvalue weighted by Gasteiger charge is 2.22. The molecule has 0 N–H and O–H groups in total. The predicted molar refractivity (Wildman–Crippen MR) is 62.7 cm³/mol. The lowest BCUT2D eigenvalue weighted by Crippen LogP contribution is -2.45. The van der Waals surface area contributed by atoms with Gasteiger partial charge in [-0.05, 0) is 53.4 Å². The van der Waals surface area contributed by atoms with Crippen molar-refractivity contribution in [3.63, 3.8) is 0 Å². The van der Waals surface area contributed by atoms with Crippen LogP contribution >= 0.6 is 0 Å². The number of hydrogen-bond donors (Lipinski definition) is 0. The Labute approximate surface area is 89.3 Å². The summed E-state index contributed by atoms with van der Waals surface area (Å²) in [6.45, 7) is 7.18. The molecule has 1 saturated heterocycles. The number of likely N-dealkylation sites (tertiary alicyclic amines) is 1. The van der Waals surface area contributed by atoms with E-state index < -0.39 is 0 Å². The van der Waals surface area contributed by atoms with Crippen molar-refractivity contribution >= 4 is 0 Å². The van der Waals surface area contributed by atoms with Crippen molar-refractivity contribution in [2.24, 2.45) is 0 Å². The molecule has 1 aliphatic rings. The monoisotopic (exact) mass is 198 g/mol. The minimum absolute atomic E-state index is 0.758. The average molecular weight is 198 g/mol. The summed E-state index contributed by atoms with van der Waals surface area (Å²) >= 11 is 0. The third kappa shape index (κ3) is 3.25. The van der Waals surface area contributed by atoms with Crippen molar-refractivity contribution in [1.82, 2.24) is 9.80 Å². The lowest BCUT2D eigenvalue weighted by molar-refractivity contribution is 0.109. The van der Waals surface area contributed by atoms with Crippen molar-refractivity contribution in [1.29, 1.82) is 0 Å². The first kappa shape index (κ1) is 12.0. The zero-order valence-corrected chi connectivity index (χ0v) is 10.3. The van der Waals surface area contributed by atoms with Crippen LogP contribution in [0.2, 0.25) is 0 Å². The lowest BCUT2D eigenvalue weighted by Gasteiger charge is -2.38. The normalized spacial score (nSPS) is 22.9. The van der Waals surface area contributed by atoms with Gasteiger partial charge in [0.25, 0.3) is 0 Å². The second-order valence-corrected chi connectivity index (χ2v) is 4.84. The fourth-order valence-corrected chi connectivity index (χ4v) is 2.38. The van der Waals surface area contributed by atoms with Gasteiger partial charge in [-0.1, -0.05) is 13.3 Å². The van der Waals surface area contributed by atoms with Crippen LogP contribution in [0.3, 0.4) is 0 Å². The highest BCUT2D eigenvalue weighted by molar-refractivity contribution is 4.79. The molecule has 0 bridgehead atoms. The maximum Gasteiger partial charge on any atom is 0.0119 e. The van der Waals surface area contributed by atoms with E-state index in [1.54, 1.807) is 0 Å². The van der Waals surface area contributed by atoms with Crippen LogP contribution in [0.4, 0.5) is 0 Å². The summed E-state index contributed by atoms with van der Waals surface area (Å²) in [6, 6.07) is 1.58. The van der Waals surface area contributed by atoms with Crippen LogP contribution in [0.15, 0.2) is 0 Å². The first-order valence-electron chi connectivity index (χ1n) is 6.05. The molecule has 2 nitrogen and oxygen atoms in total. The Morgan fingerprint density at radius 2 is 1.93 bits per heavy atom. The molecule has 1 aliphatic heterocycles. The van der Waals surface area contributed by atoms with E-state index in [9.17, 15) is 0 Å². The van der Waals surface area contributed by atoms with Crippen LogP contribution in [0.5, 0.6) is 0 Å². The van der Waals surface area contributed by atoms with Gasteiger partial charge in [0.2, 0.25) is 0 Å². The first-order valence-corrected chi connectivity index (χ1v) is 6.05. The van der Waals surface area contributed by atoms with Crippen molar-refractivity contribution in [3.05, 3.63) is 0 Å². The van der Waals surface area contributed by atoms with Crippen LogP contribution in [0.25, 0.3) is 0 Å². The summed E-state index contributed by atoms with van der Waals surface area (Å²) in [5.74, 6) is 0. The third-order valence-corrected chi connectivity index (χ3v) is 3.67. The highest BCUT2D eigenvalue weighted by Crippen LogP contribution is 2.17. The summed E-state index contributed by atoms with van der Waals surface area (Å²) in [7, 11) is 4.53. The molecule has 0 aromatic rings. The molecule has 1 atom stereocenters. The van der Waals surface area contributed by atoms with Crippen molar-refractivity contribution in [3.8, 4) is 0 Å². The van der Waals surface area contributed by atoms with E-state index in [1.165, 1.54) is 38.8 Å². The number of piperidine rings is 1. The van der Waals surface area contributed by atoms with Crippen molar-refractivity contribution < 1.29 is 0 Å². The van der Waals surface area contributed by atoms with Crippen molar-refractivity contribution in [2.45, 2.75) is 51.6 Å². The van der Waals surface area contributed by atoms with Crippen LogP contribution in [0, 0.1) is 0 Å². The van der Waals surface area contributed by atoms with E-state index in [0.29, 0.717) is 0 Å². The molecular formula is C12H26N2. The summed E-state index contributed by atoms with van der Waals surface area (Å²) in [6.07, 6.45) is 5.34. The summed E-state index contributed by atoms with van der Waals surface area (Å²) in [4.78, 5) is 5.03. The largest absolute Gasteiger partial charge is 0.306 e. The lowest BCUT2D eigenvalue weighted by atomic mass is 10.0. The smallest absolute Gasteiger partial charge is 0.0119 e. The Morgan fingerprint density at radius 1 is 1.36 bits per heavy atom. The minimum Gasteiger partial charge on any atom is -0.306 e. The average Bonchev–Trinajstić information content (AvgIpc) is 2.18. The van der Waals surface area contributed by atoms with Gasteiger partial charge in [-0.2, -0.15) is 0 Å². The summed E-state index contributed by atoms with van der Waals surface area (Å²) in [5.41, 5.74) is 0. The number of hydrogen-bond acceptors (Lipinski definition) is 2. The van der Waals surface area contributed by atoms with Gasteiger partial charge < -0.3 is 9.80 Å². The Kier molecular flexibility index (Phi) is 4.90. The van der Waals surface area contributed by atoms with Crippen LogP contribution < -0.4 is 0 Å². The van der Waals surface area contributed by atoms with E-state index in [1.807, 2.05) is 0 Å². The van der Waals surface area contributed by atoms with Crippen LogP contribution in [0.1, 0.15) is 39.5 Å². The van der Waals surface area contributed by atoms with Gasteiger partial charge >= 0.3 is 0 Å². The highest BCUT2D eigenvalue weighted by atomic mass is 15.2. The molecule has 2 heteroatoms. The third-order valence-electron chi connectivity index (χ3n) is 3.67. The molecule has 0 aromatic heterocycles. The molecule has 1 fully saturated rings. The van der Waals surface area contributed by atoms with Crippen LogP contribution in [-0.2, 0) is 0 Å². The zero-order valence-electron chi connectivity index (χ0n) is 10.3. The molecule has 0 radical (unpaired) electrons. The quantitative estimate of drug-likeness (QED) is 0.683. The second-order valence-electron chi connectivity index (χ2n) is 4.84. The van der Waals surface area contributed by atoms with Gasteiger partial charge in [0, 0.05) is 12.1 Å². The molecule has 0 aromatic carbocycles. The SMILES string of the molecule is CCCC(C)N(C)C1CCN(C)CC1. The zero-order chi connectivity index (χ0) is 10.6. The molecule has 1 unspecified atom stereocenters. The topological polar surface area (TPSA) is 6.48 Å². The van der Waals surface area contributed by atoms with Gasteiger partial charge in [-0.15, -0.1) is 0 Å². The molecule has 0 spiro atoms. The Hall–Kier alpha value is -0.0800. The Morgan fingerprint density at radius 3 is 2.43 bits per heavy atom. The van der Waals surface area contributed by atoms with Gasteiger partial charge in [0.05, 0.1) is 0 Å². The van der Waals surface area contributed by atoms with Crippen molar-refractivity contribution in [2.75, 3.05) is 27.2 Å². The van der Waals surface area contributed by atoms with E-state index in [2.05, 4.69) is 37.7 Å². The van der Waals surface area contributed by atoms with Crippen LogP contribution in [-0.4, -0.2) is 49.1 Å². The molecule has 84 valence electrons.